The molecule has 0 heterocycles. The van der Waals surface area contributed by atoms with Crippen LogP contribution in [0.25, 0.3) is 0 Å². The van der Waals surface area contributed by atoms with E-state index in [1.165, 1.54) is 11.9 Å². The van der Waals surface area contributed by atoms with Crippen LogP contribution >= 0.6 is 11.6 Å². The molecule has 198 valence electrons. The first-order valence-corrected chi connectivity index (χ1v) is 11.8. The number of carbonyl (C=O) groups is 3. The van der Waals surface area contributed by atoms with E-state index in [0.717, 1.165) is 0 Å². The van der Waals surface area contributed by atoms with Crippen LogP contribution in [0.2, 0.25) is 0 Å². The second kappa shape index (κ2) is 15.0. The molecule has 2 atom stereocenters. The lowest BCUT2D eigenvalue weighted by molar-refractivity contribution is -0.120. The van der Waals surface area contributed by atoms with Gasteiger partial charge in [-0.25, -0.2) is 0 Å². The van der Waals surface area contributed by atoms with E-state index in [-0.39, 0.29) is 49.9 Å². The summed E-state index contributed by atoms with van der Waals surface area (Å²) in [5.74, 6) is -1.35. The fourth-order valence-electron chi connectivity index (χ4n) is 3.71. The predicted octanol–water partition coefficient (Wildman–Crippen LogP) is -0.432. The van der Waals surface area contributed by atoms with Crippen LogP contribution < -0.4 is 10.6 Å². The smallest absolute Gasteiger partial charge is 0.254 e. The molecule has 11 nitrogen and oxygen atoms in total. The van der Waals surface area contributed by atoms with Crippen LogP contribution in [-0.2, 0) is 16.0 Å². The minimum Gasteiger partial charge on any atom is -0.395 e. The first-order valence-electron chi connectivity index (χ1n) is 11.3. The van der Waals surface area contributed by atoms with Crippen LogP contribution in [0, 0.1) is 13.8 Å². The van der Waals surface area contributed by atoms with E-state index in [9.17, 15) is 24.6 Å². The van der Waals surface area contributed by atoms with Gasteiger partial charge in [-0.15, -0.1) is 11.6 Å². The number of hydrogen-bond acceptors (Lipinski definition) is 8. The van der Waals surface area contributed by atoms with Gasteiger partial charge >= 0.3 is 0 Å². The molecule has 0 saturated heterocycles. The predicted molar refractivity (Wildman–Crippen MR) is 131 cm³/mol. The Kier molecular flexibility index (Phi) is 13.2. The van der Waals surface area contributed by atoms with Crippen molar-refractivity contribution < 1.29 is 39.5 Å². The minimum atomic E-state index is -1.43. The van der Waals surface area contributed by atoms with Crippen LogP contribution in [0.4, 0.5) is 5.69 Å². The third kappa shape index (κ3) is 8.13. The maximum atomic E-state index is 13.5. The highest BCUT2D eigenvalue weighted by Gasteiger charge is 2.29. The molecule has 0 bridgehead atoms. The summed E-state index contributed by atoms with van der Waals surface area (Å²) in [7, 11) is 1.41. The Morgan fingerprint density at radius 2 is 1.74 bits per heavy atom. The number of benzene rings is 1. The van der Waals surface area contributed by atoms with Crippen LogP contribution in [0.3, 0.4) is 0 Å². The number of nitrogens with one attached hydrogen (secondary N) is 2. The Bertz CT molecular complexity index is 896. The Morgan fingerprint density at radius 3 is 2.29 bits per heavy atom. The second-order valence-corrected chi connectivity index (χ2v) is 8.36. The molecule has 0 aliphatic rings. The molecule has 1 rings (SSSR count). The van der Waals surface area contributed by atoms with E-state index in [0.29, 0.717) is 28.8 Å². The number of hydrogen-bond donors (Lipinski definition) is 6. The molecule has 0 fully saturated rings. The number of rotatable bonds is 14. The molecule has 0 aliphatic carbocycles. The quantitative estimate of drug-likeness (QED) is 0.143. The summed E-state index contributed by atoms with van der Waals surface area (Å²) in [5, 5.41) is 43.2. The molecule has 6 N–H and O–H groups in total. The topological polar surface area (TPSA) is 169 Å². The summed E-state index contributed by atoms with van der Waals surface area (Å²) in [6.07, 6.45) is -2.50. The van der Waals surface area contributed by atoms with Crippen molar-refractivity contribution in [2.75, 3.05) is 57.8 Å². The van der Waals surface area contributed by atoms with Gasteiger partial charge in [0.05, 0.1) is 25.9 Å². The summed E-state index contributed by atoms with van der Waals surface area (Å²) in [6, 6.07) is 0. The van der Waals surface area contributed by atoms with E-state index >= 15 is 0 Å². The van der Waals surface area contributed by atoms with E-state index in [4.69, 9.17) is 26.6 Å². The molecule has 0 saturated carbocycles. The van der Waals surface area contributed by atoms with Crippen LogP contribution in [0.15, 0.2) is 0 Å². The van der Waals surface area contributed by atoms with Gasteiger partial charge in [-0.1, -0.05) is 6.92 Å². The minimum absolute atomic E-state index is 0.00434. The molecular weight excluding hydrogens is 482 g/mol. The molecule has 3 amide bonds. The van der Waals surface area contributed by atoms with Gasteiger partial charge in [-0.3, -0.25) is 14.4 Å². The van der Waals surface area contributed by atoms with Crippen molar-refractivity contribution in [3.63, 3.8) is 0 Å². The van der Waals surface area contributed by atoms with Gasteiger partial charge in [-0.05, 0) is 37.0 Å². The highest BCUT2D eigenvalue weighted by molar-refractivity contribution is 6.18. The van der Waals surface area contributed by atoms with E-state index in [1.807, 2.05) is 0 Å². The van der Waals surface area contributed by atoms with Crippen LogP contribution in [0.1, 0.15) is 44.3 Å². The fourth-order valence-corrected chi connectivity index (χ4v) is 3.82. The lowest BCUT2D eigenvalue weighted by Gasteiger charge is -2.27. The van der Waals surface area contributed by atoms with Crippen molar-refractivity contribution in [1.82, 2.24) is 10.2 Å². The average Bonchev–Trinajstić information content (AvgIpc) is 2.83. The Hall–Kier alpha value is -2.28. The summed E-state index contributed by atoms with van der Waals surface area (Å²) in [6.45, 7) is 3.70. The molecule has 0 spiro atoms. The zero-order valence-corrected chi connectivity index (χ0v) is 21.3. The van der Waals surface area contributed by atoms with Gasteiger partial charge in [0.2, 0.25) is 5.91 Å². The largest absolute Gasteiger partial charge is 0.395 e. The van der Waals surface area contributed by atoms with Crippen molar-refractivity contribution in [2.24, 2.45) is 0 Å². The Balaban J connectivity index is 3.60. The maximum Gasteiger partial charge on any atom is 0.254 e. The number of anilines is 1. The summed E-state index contributed by atoms with van der Waals surface area (Å²) < 4.78 is 5.18. The van der Waals surface area contributed by atoms with E-state index < -0.39 is 36.5 Å². The van der Waals surface area contributed by atoms with Gasteiger partial charge in [0, 0.05) is 42.8 Å². The average molecular weight is 518 g/mol. The number of likely N-dealkylation sites (N-methyl/N-ethyl adjacent to an activating group) is 1. The van der Waals surface area contributed by atoms with Crippen molar-refractivity contribution in [3.8, 4) is 0 Å². The molecule has 12 heteroatoms. The van der Waals surface area contributed by atoms with Gasteiger partial charge < -0.3 is 40.7 Å². The number of alkyl halides is 1. The van der Waals surface area contributed by atoms with Gasteiger partial charge in [-0.2, -0.15) is 0 Å². The zero-order valence-electron chi connectivity index (χ0n) is 20.6. The van der Waals surface area contributed by atoms with Crippen molar-refractivity contribution in [1.29, 1.82) is 0 Å². The molecule has 1 aromatic carbocycles. The van der Waals surface area contributed by atoms with Gasteiger partial charge in [0.25, 0.3) is 11.8 Å². The third-order valence-corrected chi connectivity index (χ3v) is 5.61. The molecule has 0 aromatic heterocycles. The Labute approximate surface area is 210 Å². The summed E-state index contributed by atoms with van der Waals surface area (Å²) in [4.78, 5) is 40.1. The number of aliphatic hydroxyl groups is 4. The number of aliphatic hydroxyl groups excluding tert-OH is 4. The Morgan fingerprint density at radius 1 is 1.09 bits per heavy atom. The lowest BCUT2D eigenvalue weighted by Crippen LogP contribution is -2.42. The summed E-state index contributed by atoms with van der Waals surface area (Å²) in [5.41, 5.74) is 1.91. The van der Waals surface area contributed by atoms with E-state index in [1.54, 1.807) is 20.8 Å². The molecule has 1 aromatic rings. The number of ether oxygens (including phenoxy) is 1. The normalized spacial score (nSPS) is 12.7. The third-order valence-electron chi connectivity index (χ3n) is 5.45. The molecule has 2 unspecified atom stereocenters. The number of halogens is 1. The van der Waals surface area contributed by atoms with Crippen LogP contribution in [0.5, 0.6) is 0 Å². The lowest BCUT2D eigenvalue weighted by atomic mass is 9.88. The van der Waals surface area contributed by atoms with Crippen LogP contribution in [-0.4, -0.2) is 108 Å². The van der Waals surface area contributed by atoms with E-state index in [2.05, 4.69) is 10.6 Å². The fraction of sp³-hybridized carbons (Fsp3) is 0.609. The van der Waals surface area contributed by atoms with Gasteiger partial charge in [0.15, 0.2) is 0 Å². The van der Waals surface area contributed by atoms with Crippen molar-refractivity contribution in [2.45, 2.75) is 39.4 Å². The SMILES string of the molecule is CCc1c(NC(=O)COCCCl)c(C)c(C(=O)NCCO)c(C)c1C(=O)N(C)CC(O)C(O)CO. The summed E-state index contributed by atoms with van der Waals surface area (Å²) >= 11 is 5.57. The first-order chi connectivity index (χ1) is 16.5. The number of carbonyl (C=O) groups excluding carboxylic acids is 3. The van der Waals surface area contributed by atoms with Gasteiger partial charge in [0.1, 0.15) is 12.7 Å². The molecule has 0 aliphatic heterocycles. The standard InChI is InChI=1S/C23H36ClN3O8/c1-5-15-20(23(34)27(4)10-16(30)17(31)11-29)13(2)19(22(33)25-7-8-28)14(3)21(15)26-18(32)12-35-9-6-24/h16-17,28-31H,5-12H2,1-4H3,(H,25,33)(H,26,32). The highest BCUT2D eigenvalue weighted by atomic mass is 35.5. The first kappa shape index (κ1) is 30.8. The van der Waals surface area contributed by atoms with Crippen molar-refractivity contribution in [3.05, 3.63) is 27.8 Å². The molecule has 35 heavy (non-hydrogen) atoms. The second-order valence-electron chi connectivity index (χ2n) is 7.98. The number of amides is 3. The maximum absolute atomic E-state index is 13.5. The molecular formula is C23H36ClN3O8. The monoisotopic (exact) mass is 517 g/mol. The zero-order chi connectivity index (χ0) is 26.7. The van der Waals surface area contributed by atoms with Crippen molar-refractivity contribution >= 4 is 35.0 Å². The molecule has 0 radical (unpaired) electrons. The highest BCUT2D eigenvalue weighted by Crippen LogP contribution is 2.33. The number of nitrogens with zero attached hydrogens (tertiary/aromatic N) is 1.